The molecule has 128 valence electrons. The Bertz CT molecular complexity index is 718. The number of ether oxygens (including phenoxy) is 3. The van der Waals surface area contributed by atoms with Crippen molar-refractivity contribution in [3.05, 3.63) is 46.4 Å². The van der Waals surface area contributed by atoms with Gasteiger partial charge in [-0.15, -0.1) is 0 Å². The van der Waals surface area contributed by atoms with Crippen LogP contribution in [-0.4, -0.2) is 26.2 Å². The molecule has 0 aromatic heterocycles. The summed E-state index contributed by atoms with van der Waals surface area (Å²) in [6.45, 7) is 4.77. The van der Waals surface area contributed by atoms with E-state index in [-0.39, 0.29) is 5.91 Å². The lowest BCUT2D eigenvalue weighted by atomic mass is 10.1. The summed E-state index contributed by atoms with van der Waals surface area (Å²) in [4.78, 5) is 12.6. The van der Waals surface area contributed by atoms with Gasteiger partial charge in [0.15, 0.2) is 11.5 Å². The third-order valence-electron chi connectivity index (χ3n) is 3.21. The predicted molar refractivity (Wildman–Crippen MR) is 97.4 cm³/mol. The van der Waals surface area contributed by atoms with Gasteiger partial charge in [0.05, 0.1) is 30.5 Å². The standard InChI is InChI=1S/C18H20BrNO4/c1-4-23-15-9-7-6-8-14(15)20-18(21)12-10-13(19)17(22-3)16(11-12)24-5-2/h6-11H,4-5H2,1-3H3,(H,20,21). The van der Waals surface area contributed by atoms with Crippen molar-refractivity contribution in [2.24, 2.45) is 0 Å². The molecule has 0 atom stereocenters. The van der Waals surface area contributed by atoms with E-state index in [4.69, 9.17) is 14.2 Å². The van der Waals surface area contributed by atoms with Gasteiger partial charge in [-0.3, -0.25) is 4.79 Å². The molecule has 0 aliphatic rings. The minimum atomic E-state index is -0.258. The van der Waals surface area contributed by atoms with Crippen molar-refractivity contribution in [3.8, 4) is 17.2 Å². The average molecular weight is 394 g/mol. The summed E-state index contributed by atoms with van der Waals surface area (Å²) in [6.07, 6.45) is 0. The van der Waals surface area contributed by atoms with Crippen LogP contribution in [0.25, 0.3) is 0 Å². The summed E-state index contributed by atoms with van der Waals surface area (Å²) >= 11 is 3.41. The Hall–Kier alpha value is -2.21. The highest BCUT2D eigenvalue weighted by atomic mass is 79.9. The fourth-order valence-electron chi connectivity index (χ4n) is 2.21. The SMILES string of the molecule is CCOc1ccccc1NC(=O)c1cc(Br)c(OC)c(OCC)c1. The van der Waals surface area contributed by atoms with Crippen molar-refractivity contribution in [3.63, 3.8) is 0 Å². The van der Waals surface area contributed by atoms with Crippen LogP contribution in [0.2, 0.25) is 0 Å². The Labute approximate surface area is 150 Å². The second kappa shape index (κ2) is 8.59. The van der Waals surface area contributed by atoms with Crippen molar-refractivity contribution < 1.29 is 19.0 Å². The fraction of sp³-hybridized carbons (Fsp3) is 0.278. The topological polar surface area (TPSA) is 56.8 Å². The molecule has 0 aliphatic carbocycles. The molecule has 0 aliphatic heterocycles. The first kappa shape index (κ1) is 18.1. The van der Waals surface area contributed by atoms with Crippen LogP contribution in [0.3, 0.4) is 0 Å². The van der Waals surface area contributed by atoms with Gasteiger partial charge < -0.3 is 19.5 Å². The van der Waals surface area contributed by atoms with Crippen LogP contribution in [0.5, 0.6) is 17.2 Å². The van der Waals surface area contributed by atoms with Gasteiger partial charge in [-0.25, -0.2) is 0 Å². The second-order valence-electron chi connectivity index (χ2n) is 4.81. The summed E-state index contributed by atoms with van der Waals surface area (Å²) in [5, 5.41) is 2.86. The Morgan fingerprint density at radius 2 is 1.75 bits per heavy atom. The number of benzene rings is 2. The molecule has 0 saturated carbocycles. The highest BCUT2D eigenvalue weighted by Gasteiger charge is 2.16. The van der Waals surface area contributed by atoms with Crippen LogP contribution in [-0.2, 0) is 0 Å². The molecule has 0 bridgehead atoms. The molecular formula is C18H20BrNO4. The van der Waals surface area contributed by atoms with Gasteiger partial charge in [0, 0.05) is 5.56 Å². The van der Waals surface area contributed by atoms with Crippen LogP contribution >= 0.6 is 15.9 Å². The number of nitrogens with one attached hydrogen (secondary N) is 1. The number of para-hydroxylation sites is 2. The van der Waals surface area contributed by atoms with E-state index in [1.807, 2.05) is 32.0 Å². The molecule has 0 unspecified atom stereocenters. The van der Waals surface area contributed by atoms with Gasteiger partial charge in [-0.2, -0.15) is 0 Å². The maximum atomic E-state index is 12.6. The number of carbonyl (C=O) groups excluding carboxylic acids is 1. The molecular weight excluding hydrogens is 374 g/mol. The number of hydrogen-bond acceptors (Lipinski definition) is 4. The summed E-state index contributed by atoms with van der Waals surface area (Å²) in [5.41, 5.74) is 1.08. The van der Waals surface area contributed by atoms with Crippen molar-refractivity contribution in [2.45, 2.75) is 13.8 Å². The molecule has 1 N–H and O–H groups in total. The van der Waals surface area contributed by atoms with E-state index in [0.717, 1.165) is 0 Å². The zero-order valence-electron chi connectivity index (χ0n) is 13.9. The lowest BCUT2D eigenvalue weighted by Crippen LogP contribution is -2.13. The zero-order chi connectivity index (χ0) is 17.5. The number of methoxy groups -OCH3 is 1. The molecule has 2 rings (SSSR count). The molecule has 0 fully saturated rings. The summed E-state index contributed by atoms with van der Waals surface area (Å²) < 4.78 is 17.0. The summed E-state index contributed by atoms with van der Waals surface area (Å²) in [6, 6.07) is 10.7. The van der Waals surface area contributed by atoms with Crippen molar-refractivity contribution in [2.75, 3.05) is 25.6 Å². The minimum absolute atomic E-state index is 0.258. The molecule has 2 aromatic rings. The van der Waals surface area contributed by atoms with E-state index >= 15 is 0 Å². The Morgan fingerprint density at radius 3 is 2.42 bits per heavy atom. The number of halogens is 1. The molecule has 2 aromatic carbocycles. The molecule has 0 saturated heterocycles. The zero-order valence-corrected chi connectivity index (χ0v) is 15.5. The number of hydrogen-bond donors (Lipinski definition) is 1. The summed E-state index contributed by atoms with van der Waals surface area (Å²) in [5.74, 6) is 1.44. The molecule has 0 heterocycles. The minimum Gasteiger partial charge on any atom is -0.492 e. The van der Waals surface area contributed by atoms with Crippen LogP contribution in [0, 0.1) is 0 Å². The van der Waals surface area contributed by atoms with Crippen molar-refractivity contribution in [1.82, 2.24) is 0 Å². The maximum Gasteiger partial charge on any atom is 0.255 e. The normalized spacial score (nSPS) is 10.2. The molecule has 24 heavy (non-hydrogen) atoms. The number of anilines is 1. The number of amides is 1. The molecule has 1 amide bonds. The van der Waals surface area contributed by atoms with E-state index < -0.39 is 0 Å². The van der Waals surface area contributed by atoms with E-state index in [1.165, 1.54) is 0 Å². The Kier molecular flexibility index (Phi) is 6.49. The van der Waals surface area contributed by atoms with Gasteiger partial charge in [-0.1, -0.05) is 12.1 Å². The largest absolute Gasteiger partial charge is 0.492 e. The van der Waals surface area contributed by atoms with E-state index in [1.54, 1.807) is 25.3 Å². The molecule has 5 nitrogen and oxygen atoms in total. The van der Waals surface area contributed by atoms with Crippen LogP contribution in [0.1, 0.15) is 24.2 Å². The smallest absolute Gasteiger partial charge is 0.255 e. The maximum absolute atomic E-state index is 12.6. The highest BCUT2D eigenvalue weighted by Crippen LogP contribution is 2.37. The van der Waals surface area contributed by atoms with Crippen LogP contribution in [0.4, 0.5) is 5.69 Å². The van der Waals surface area contributed by atoms with E-state index in [9.17, 15) is 4.79 Å². The van der Waals surface area contributed by atoms with Crippen molar-refractivity contribution in [1.29, 1.82) is 0 Å². The first-order valence-electron chi connectivity index (χ1n) is 7.64. The third-order valence-corrected chi connectivity index (χ3v) is 3.80. The first-order valence-corrected chi connectivity index (χ1v) is 8.43. The lowest BCUT2D eigenvalue weighted by molar-refractivity contribution is 0.102. The van der Waals surface area contributed by atoms with Gasteiger partial charge in [0.1, 0.15) is 5.75 Å². The monoisotopic (exact) mass is 393 g/mol. The van der Waals surface area contributed by atoms with Gasteiger partial charge in [0.2, 0.25) is 0 Å². The number of rotatable bonds is 7. The Balaban J connectivity index is 2.30. The van der Waals surface area contributed by atoms with E-state index in [0.29, 0.717) is 46.2 Å². The predicted octanol–water partition coefficient (Wildman–Crippen LogP) is 4.51. The summed E-state index contributed by atoms with van der Waals surface area (Å²) in [7, 11) is 1.56. The quantitative estimate of drug-likeness (QED) is 0.751. The number of carbonyl (C=O) groups is 1. The lowest BCUT2D eigenvalue weighted by Gasteiger charge is -2.14. The molecule has 0 radical (unpaired) electrons. The van der Waals surface area contributed by atoms with Gasteiger partial charge in [0.25, 0.3) is 5.91 Å². The highest BCUT2D eigenvalue weighted by molar-refractivity contribution is 9.10. The van der Waals surface area contributed by atoms with Gasteiger partial charge in [-0.05, 0) is 54.0 Å². The fourth-order valence-corrected chi connectivity index (χ4v) is 2.81. The van der Waals surface area contributed by atoms with E-state index in [2.05, 4.69) is 21.2 Å². The Morgan fingerprint density at radius 1 is 1.08 bits per heavy atom. The second-order valence-corrected chi connectivity index (χ2v) is 5.66. The third kappa shape index (κ3) is 4.20. The van der Waals surface area contributed by atoms with Crippen molar-refractivity contribution >= 4 is 27.5 Å². The van der Waals surface area contributed by atoms with Crippen LogP contribution < -0.4 is 19.5 Å². The average Bonchev–Trinajstić information content (AvgIpc) is 2.57. The van der Waals surface area contributed by atoms with Crippen LogP contribution in [0.15, 0.2) is 40.9 Å². The molecule has 0 spiro atoms. The first-order chi connectivity index (χ1) is 11.6. The van der Waals surface area contributed by atoms with Gasteiger partial charge >= 0.3 is 0 Å². The molecule has 6 heteroatoms.